The van der Waals surface area contributed by atoms with E-state index in [-0.39, 0.29) is 11.8 Å². The molecule has 4 nitrogen and oxygen atoms in total. The van der Waals surface area contributed by atoms with Crippen LogP contribution in [0.1, 0.15) is 31.2 Å². The highest BCUT2D eigenvalue weighted by Crippen LogP contribution is 2.27. The van der Waals surface area contributed by atoms with Crippen molar-refractivity contribution in [2.45, 2.75) is 31.7 Å². The van der Waals surface area contributed by atoms with Crippen LogP contribution in [-0.4, -0.2) is 11.9 Å². The van der Waals surface area contributed by atoms with Crippen LogP contribution >= 0.6 is 0 Å². The van der Waals surface area contributed by atoms with E-state index in [1.54, 1.807) is 6.07 Å². The number of rotatable bonds is 3. The molecule has 94 valence electrons. The van der Waals surface area contributed by atoms with E-state index < -0.39 is 0 Å². The van der Waals surface area contributed by atoms with Crippen LogP contribution in [-0.2, 0) is 4.79 Å². The number of nitriles is 1. The maximum atomic E-state index is 11.1. The fourth-order valence-electron chi connectivity index (χ4n) is 2.45. The van der Waals surface area contributed by atoms with Crippen LogP contribution in [0.4, 0.5) is 5.69 Å². The molecule has 1 fully saturated rings. The van der Waals surface area contributed by atoms with E-state index in [0.29, 0.717) is 11.6 Å². The molecule has 3 N–H and O–H groups in total. The van der Waals surface area contributed by atoms with E-state index in [4.69, 9.17) is 11.0 Å². The number of amides is 1. The molecule has 0 spiro atoms. The highest BCUT2D eigenvalue weighted by Gasteiger charge is 2.24. The number of hydrogen-bond donors (Lipinski definition) is 2. The predicted molar refractivity (Wildman–Crippen MR) is 69.7 cm³/mol. The highest BCUT2D eigenvalue weighted by molar-refractivity contribution is 5.76. The summed E-state index contributed by atoms with van der Waals surface area (Å²) in [5, 5.41) is 12.4. The van der Waals surface area contributed by atoms with E-state index in [0.717, 1.165) is 31.4 Å². The Morgan fingerprint density at radius 1 is 1.28 bits per heavy atom. The molecule has 0 radical (unpaired) electrons. The van der Waals surface area contributed by atoms with Gasteiger partial charge in [-0.05, 0) is 37.8 Å². The first-order valence-corrected chi connectivity index (χ1v) is 6.25. The van der Waals surface area contributed by atoms with Crippen molar-refractivity contribution in [3.8, 4) is 6.07 Å². The molecule has 1 amide bonds. The van der Waals surface area contributed by atoms with Crippen molar-refractivity contribution in [3.63, 3.8) is 0 Å². The second-order valence-electron chi connectivity index (χ2n) is 4.75. The molecule has 2 rings (SSSR count). The molecule has 0 unspecified atom stereocenters. The third-order valence-corrected chi connectivity index (χ3v) is 3.54. The van der Waals surface area contributed by atoms with Crippen molar-refractivity contribution in [2.24, 2.45) is 11.7 Å². The number of nitrogens with one attached hydrogen (secondary N) is 1. The maximum Gasteiger partial charge on any atom is 0.220 e. The van der Waals surface area contributed by atoms with Gasteiger partial charge in [-0.15, -0.1) is 0 Å². The molecule has 18 heavy (non-hydrogen) atoms. The summed E-state index contributed by atoms with van der Waals surface area (Å²) >= 11 is 0. The molecule has 0 aliphatic heterocycles. The van der Waals surface area contributed by atoms with Crippen LogP contribution in [0, 0.1) is 17.2 Å². The van der Waals surface area contributed by atoms with Gasteiger partial charge in [-0.1, -0.05) is 12.1 Å². The lowest BCUT2D eigenvalue weighted by Gasteiger charge is -2.28. The van der Waals surface area contributed by atoms with Gasteiger partial charge in [-0.2, -0.15) is 5.26 Å². The van der Waals surface area contributed by atoms with Crippen LogP contribution in [0.3, 0.4) is 0 Å². The molecule has 1 aromatic carbocycles. The first kappa shape index (κ1) is 12.4. The Kier molecular flexibility index (Phi) is 3.83. The van der Waals surface area contributed by atoms with Gasteiger partial charge in [0.2, 0.25) is 5.91 Å². The molecule has 1 aliphatic rings. The third-order valence-electron chi connectivity index (χ3n) is 3.54. The van der Waals surface area contributed by atoms with Gasteiger partial charge in [0.1, 0.15) is 6.07 Å². The highest BCUT2D eigenvalue weighted by atomic mass is 16.1. The van der Waals surface area contributed by atoms with Gasteiger partial charge in [0.05, 0.1) is 11.3 Å². The maximum absolute atomic E-state index is 11.1. The predicted octanol–water partition coefficient (Wildman–Crippen LogP) is 2.01. The smallest absolute Gasteiger partial charge is 0.220 e. The van der Waals surface area contributed by atoms with Gasteiger partial charge in [-0.25, -0.2) is 0 Å². The Labute approximate surface area is 107 Å². The number of nitrogens with zero attached hydrogens (tertiary/aromatic N) is 1. The van der Waals surface area contributed by atoms with Crippen LogP contribution in [0.2, 0.25) is 0 Å². The number of para-hydroxylation sites is 1. The fraction of sp³-hybridized carbons (Fsp3) is 0.429. The lowest BCUT2D eigenvalue weighted by Crippen LogP contribution is -2.32. The van der Waals surface area contributed by atoms with Crippen LogP contribution in [0.15, 0.2) is 24.3 Å². The van der Waals surface area contributed by atoms with Crippen molar-refractivity contribution in [3.05, 3.63) is 29.8 Å². The van der Waals surface area contributed by atoms with Gasteiger partial charge in [0, 0.05) is 12.0 Å². The molecule has 1 saturated carbocycles. The molecule has 1 aliphatic carbocycles. The number of benzene rings is 1. The number of primary amides is 1. The van der Waals surface area contributed by atoms with Crippen LogP contribution in [0.5, 0.6) is 0 Å². The number of hydrogen-bond acceptors (Lipinski definition) is 3. The Bertz CT molecular complexity index is 470. The molecular formula is C14H17N3O. The average molecular weight is 243 g/mol. The monoisotopic (exact) mass is 243 g/mol. The summed E-state index contributed by atoms with van der Waals surface area (Å²) in [5.74, 6) is -0.167. The fourth-order valence-corrected chi connectivity index (χ4v) is 2.45. The molecular weight excluding hydrogens is 226 g/mol. The Hall–Kier alpha value is -2.02. The van der Waals surface area contributed by atoms with Gasteiger partial charge >= 0.3 is 0 Å². The zero-order valence-corrected chi connectivity index (χ0v) is 10.2. The SMILES string of the molecule is N#Cc1ccccc1NC1CCC(C(N)=O)CC1. The molecule has 4 heteroatoms. The summed E-state index contributed by atoms with van der Waals surface area (Å²) in [6.07, 6.45) is 3.52. The molecule has 0 aromatic heterocycles. The summed E-state index contributed by atoms with van der Waals surface area (Å²) in [6.45, 7) is 0. The Morgan fingerprint density at radius 2 is 1.94 bits per heavy atom. The number of anilines is 1. The van der Waals surface area contributed by atoms with Gasteiger partial charge in [0.15, 0.2) is 0 Å². The Morgan fingerprint density at radius 3 is 2.56 bits per heavy atom. The second kappa shape index (κ2) is 5.54. The lowest BCUT2D eigenvalue weighted by molar-refractivity contribution is -0.122. The largest absolute Gasteiger partial charge is 0.381 e. The van der Waals surface area contributed by atoms with Gasteiger partial charge < -0.3 is 11.1 Å². The zero-order valence-electron chi connectivity index (χ0n) is 10.2. The van der Waals surface area contributed by atoms with Crippen molar-refractivity contribution >= 4 is 11.6 Å². The molecule has 0 heterocycles. The minimum atomic E-state index is -0.189. The number of nitrogens with two attached hydrogens (primary N) is 1. The summed E-state index contributed by atoms with van der Waals surface area (Å²) in [5.41, 5.74) is 6.85. The molecule has 1 aromatic rings. The Balaban J connectivity index is 1.96. The summed E-state index contributed by atoms with van der Waals surface area (Å²) in [6, 6.07) is 9.99. The van der Waals surface area contributed by atoms with Crippen LogP contribution in [0.25, 0.3) is 0 Å². The third kappa shape index (κ3) is 2.80. The summed E-state index contributed by atoms with van der Waals surface area (Å²) in [4.78, 5) is 11.1. The summed E-state index contributed by atoms with van der Waals surface area (Å²) in [7, 11) is 0. The van der Waals surface area contributed by atoms with E-state index in [9.17, 15) is 4.79 Å². The normalized spacial score (nSPS) is 23.1. The van der Waals surface area contributed by atoms with Crippen LogP contribution < -0.4 is 11.1 Å². The van der Waals surface area contributed by atoms with E-state index in [1.165, 1.54) is 0 Å². The minimum Gasteiger partial charge on any atom is -0.381 e. The first-order chi connectivity index (χ1) is 8.70. The standard InChI is InChI=1S/C14H17N3O/c15-9-11-3-1-2-4-13(11)17-12-7-5-10(6-8-12)14(16)18/h1-4,10,12,17H,5-8H2,(H2,16,18). The number of carbonyl (C=O) groups is 1. The molecule has 0 atom stereocenters. The van der Waals surface area contributed by atoms with Crippen molar-refractivity contribution in [1.29, 1.82) is 5.26 Å². The first-order valence-electron chi connectivity index (χ1n) is 6.25. The van der Waals surface area contributed by atoms with Gasteiger partial charge in [-0.3, -0.25) is 4.79 Å². The zero-order chi connectivity index (χ0) is 13.0. The second-order valence-corrected chi connectivity index (χ2v) is 4.75. The van der Waals surface area contributed by atoms with E-state index in [1.807, 2.05) is 18.2 Å². The van der Waals surface area contributed by atoms with E-state index in [2.05, 4.69) is 11.4 Å². The molecule has 0 saturated heterocycles. The van der Waals surface area contributed by atoms with Crippen molar-refractivity contribution < 1.29 is 4.79 Å². The van der Waals surface area contributed by atoms with Gasteiger partial charge in [0.25, 0.3) is 0 Å². The molecule has 0 bridgehead atoms. The summed E-state index contributed by atoms with van der Waals surface area (Å²) < 4.78 is 0. The van der Waals surface area contributed by atoms with E-state index >= 15 is 0 Å². The van der Waals surface area contributed by atoms with Crippen molar-refractivity contribution in [1.82, 2.24) is 0 Å². The lowest BCUT2D eigenvalue weighted by atomic mass is 9.85. The topological polar surface area (TPSA) is 78.9 Å². The van der Waals surface area contributed by atoms with Crippen molar-refractivity contribution in [2.75, 3.05) is 5.32 Å². The minimum absolute atomic E-state index is 0.0225. The number of carbonyl (C=O) groups excluding carboxylic acids is 1. The average Bonchev–Trinajstić information content (AvgIpc) is 2.40. The quantitative estimate of drug-likeness (QED) is 0.852.